The minimum Gasteiger partial charge on any atom is -0.390 e. The second-order valence-electron chi connectivity index (χ2n) is 5.28. The van der Waals surface area contributed by atoms with Crippen LogP contribution in [0.1, 0.15) is 41.0 Å². The highest BCUT2D eigenvalue weighted by Crippen LogP contribution is 2.55. The zero-order chi connectivity index (χ0) is 10.3. The molecule has 0 spiro atoms. The maximum absolute atomic E-state index is 10.1. The van der Waals surface area contributed by atoms with Gasteiger partial charge in [0.15, 0.2) is 0 Å². The normalized spacial score (nSPS) is 28.6. The predicted octanol–water partition coefficient (Wildman–Crippen LogP) is 2.21. The molecule has 0 aliphatic heterocycles. The topological polar surface area (TPSA) is 29.5 Å². The SMILES string of the molecule is CCOC(C)(C)C(O)C1CC1(C)C. The van der Waals surface area contributed by atoms with Crippen LogP contribution in [0.2, 0.25) is 0 Å². The summed E-state index contributed by atoms with van der Waals surface area (Å²) in [6.45, 7) is 11.0. The van der Waals surface area contributed by atoms with E-state index >= 15 is 0 Å². The zero-order valence-corrected chi connectivity index (χ0v) is 9.42. The molecule has 1 rings (SSSR count). The Morgan fingerprint density at radius 2 is 2.00 bits per heavy atom. The average Bonchev–Trinajstić information content (AvgIpc) is 2.58. The van der Waals surface area contributed by atoms with E-state index in [0.717, 1.165) is 6.42 Å². The van der Waals surface area contributed by atoms with E-state index in [1.807, 2.05) is 20.8 Å². The van der Waals surface area contributed by atoms with Crippen LogP contribution in [-0.2, 0) is 4.74 Å². The molecule has 2 atom stereocenters. The minimum atomic E-state index is -0.396. The Labute approximate surface area is 81.3 Å². The summed E-state index contributed by atoms with van der Waals surface area (Å²) in [5.41, 5.74) is -0.0824. The number of rotatable bonds is 4. The van der Waals surface area contributed by atoms with Crippen molar-refractivity contribution in [3.63, 3.8) is 0 Å². The van der Waals surface area contributed by atoms with Gasteiger partial charge in [-0.15, -0.1) is 0 Å². The van der Waals surface area contributed by atoms with Gasteiger partial charge in [-0.25, -0.2) is 0 Å². The first-order chi connectivity index (χ1) is 5.81. The lowest BCUT2D eigenvalue weighted by Crippen LogP contribution is -2.41. The highest BCUT2D eigenvalue weighted by Gasteiger charge is 2.54. The molecule has 13 heavy (non-hydrogen) atoms. The molecule has 0 aromatic rings. The number of ether oxygens (including phenoxy) is 1. The Hall–Kier alpha value is -0.0800. The van der Waals surface area contributed by atoms with Crippen molar-refractivity contribution >= 4 is 0 Å². The largest absolute Gasteiger partial charge is 0.390 e. The zero-order valence-electron chi connectivity index (χ0n) is 9.42. The van der Waals surface area contributed by atoms with Crippen molar-refractivity contribution in [2.24, 2.45) is 11.3 Å². The Kier molecular flexibility index (Phi) is 2.75. The molecule has 2 heteroatoms. The van der Waals surface area contributed by atoms with Crippen LogP contribution in [0.5, 0.6) is 0 Å². The molecule has 1 saturated carbocycles. The van der Waals surface area contributed by atoms with Crippen molar-refractivity contribution in [1.29, 1.82) is 0 Å². The van der Waals surface area contributed by atoms with Crippen LogP contribution < -0.4 is 0 Å². The smallest absolute Gasteiger partial charge is 0.0887 e. The fraction of sp³-hybridized carbons (Fsp3) is 1.00. The van der Waals surface area contributed by atoms with Gasteiger partial charge in [0.05, 0.1) is 11.7 Å². The van der Waals surface area contributed by atoms with Crippen LogP contribution >= 0.6 is 0 Å². The van der Waals surface area contributed by atoms with E-state index in [9.17, 15) is 5.11 Å². The van der Waals surface area contributed by atoms with E-state index in [2.05, 4.69) is 13.8 Å². The molecule has 1 aliphatic carbocycles. The minimum absolute atomic E-state index is 0.313. The second kappa shape index (κ2) is 3.25. The van der Waals surface area contributed by atoms with Gasteiger partial charge in [0, 0.05) is 6.61 Å². The Balaban J connectivity index is 2.52. The van der Waals surface area contributed by atoms with Crippen molar-refractivity contribution in [1.82, 2.24) is 0 Å². The van der Waals surface area contributed by atoms with Crippen LogP contribution in [0, 0.1) is 11.3 Å². The third kappa shape index (κ3) is 2.23. The van der Waals surface area contributed by atoms with Gasteiger partial charge < -0.3 is 9.84 Å². The van der Waals surface area contributed by atoms with Gasteiger partial charge in [-0.1, -0.05) is 13.8 Å². The molecular formula is C11H22O2. The van der Waals surface area contributed by atoms with Crippen LogP contribution in [0.25, 0.3) is 0 Å². The monoisotopic (exact) mass is 186 g/mol. The molecule has 2 nitrogen and oxygen atoms in total. The first kappa shape index (κ1) is 11.0. The summed E-state index contributed by atoms with van der Waals surface area (Å²) in [5.74, 6) is 0.411. The van der Waals surface area contributed by atoms with Crippen LogP contribution in [0.15, 0.2) is 0 Å². The fourth-order valence-electron chi connectivity index (χ4n) is 1.99. The quantitative estimate of drug-likeness (QED) is 0.729. The summed E-state index contributed by atoms with van der Waals surface area (Å²) in [5, 5.41) is 10.1. The maximum atomic E-state index is 10.1. The molecular weight excluding hydrogens is 164 g/mol. The molecule has 78 valence electrons. The predicted molar refractivity (Wildman–Crippen MR) is 53.6 cm³/mol. The summed E-state index contributed by atoms with van der Waals surface area (Å²) in [6.07, 6.45) is 0.785. The molecule has 0 saturated heterocycles. The highest BCUT2D eigenvalue weighted by atomic mass is 16.5. The molecule has 2 unspecified atom stereocenters. The number of aliphatic hydroxyl groups excluding tert-OH is 1. The van der Waals surface area contributed by atoms with E-state index in [1.54, 1.807) is 0 Å². The van der Waals surface area contributed by atoms with Gasteiger partial charge in [-0.2, -0.15) is 0 Å². The summed E-state index contributed by atoms with van der Waals surface area (Å²) in [4.78, 5) is 0. The van der Waals surface area contributed by atoms with Crippen molar-refractivity contribution in [3.8, 4) is 0 Å². The van der Waals surface area contributed by atoms with E-state index in [0.29, 0.717) is 17.9 Å². The van der Waals surface area contributed by atoms with E-state index in [-0.39, 0.29) is 6.10 Å². The van der Waals surface area contributed by atoms with Gasteiger partial charge in [0.25, 0.3) is 0 Å². The number of hydrogen-bond acceptors (Lipinski definition) is 2. The van der Waals surface area contributed by atoms with Gasteiger partial charge in [-0.05, 0) is 38.5 Å². The second-order valence-corrected chi connectivity index (χ2v) is 5.28. The molecule has 0 radical (unpaired) electrons. The molecule has 0 aromatic carbocycles. The van der Waals surface area contributed by atoms with E-state index < -0.39 is 5.60 Å². The standard InChI is InChI=1S/C11H22O2/c1-6-13-11(4,5)9(12)8-7-10(8,2)3/h8-9,12H,6-7H2,1-5H3. The third-order valence-electron chi connectivity index (χ3n) is 3.20. The van der Waals surface area contributed by atoms with Crippen LogP contribution in [-0.4, -0.2) is 23.4 Å². The molecule has 0 amide bonds. The highest BCUT2D eigenvalue weighted by molar-refractivity contribution is 5.03. The summed E-state index contributed by atoms with van der Waals surface area (Å²) < 4.78 is 5.54. The van der Waals surface area contributed by atoms with Crippen molar-refractivity contribution in [2.45, 2.75) is 52.7 Å². The summed E-state index contributed by atoms with van der Waals surface area (Å²) >= 11 is 0. The third-order valence-corrected chi connectivity index (χ3v) is 3.20. The molecule has 1 fully saturated rings. The molecule has 1 N–H and O–H groups in total. The Morgan fingerprint density at radius 3 is 2.31 bits per heavy atom. The lowest BCUT2D eigenvalue weighted by atomic mass is 9.93. The molecule has 1 aliphatic rings. The van der Waals surface area contributed by atoms with Gasteiger partial charge in [0.1, 0.15) is 0 Å². The maximum Gasteiger partial charge on any atom is 0.0887 e. The van der Waals surface area contributed by atoms with Gasteiger partial charge >= 0.3 is 0 Å². The Bertz CT molecular complexity index is 185. The summed E-state index contributed by atoms with van der Waals surface area (Å²) in [7, 11) is 0. The molecule has 0 heterocycles. The van der Waals surface area contributed by atoms with Crippen LogP contribution in [0.3, 0.4) is 0 Å². The average molecular weight is 186 g/mol. The first-order valence-electron chi connectivity index (χ1n) is 5.13. The number of aliphatic hydroxyl groups is 1. The van der Waals surface area contributed by atoms with Gasteiger partial charge in [0.2, 0.25) is 0 Å². The van der Waals surface area contributed by atoms with Crippen molar-refractivity contribution in [2.75, 3.05) is 6.61 Å². The molecule has 0 bridgehead atoms. The van der Waals surface area contributed by atoms with E-state index in [1.165, 1.54) is 0 Å². The summed E-state index contributed by atoms with van der Waals surface area (Å²) in [6, 6.07) is 0. The van der Waals surface area contributed by atoms with Crippen LogP contribution in [0.4, 0.5) is 0 Å². The van der Waals surface area contributed by atoms with E-state index in [4.69, 9.17) is 4.74 Å². The first-order valence-corrected chi connectivity index (χ1v) is 5.13. The lowest BCUT2D eigenvalue weighted by Gasteiger charge is -2.31. The van der Waals surface area contributed by atoms with Crippen molar-refractivity contribution < 1.29 is 9.84 Å². The fourth-order valence-corrected chi connectivity index (χ4v) is 1.99. The Morgan fingerprint density at radius 1 is 1.54 bits per heavy atom. The number of hydrogen-bond donors (Lipinski definition) is 1. The lowest BCUT2D eigenvalue weighted by molar-refractivity contribution is -0.108. The van der Waals surface area contributed by atoms with Crippen molar-refractivity contribution in [3.05, 3.63) is 0 Å². The molecule has 0 aromatic heterocycles. The van der Waals surface area contributed by atoms with Gasteiger partial charge in [-0.3, -0.25) is 0 Å².